The van der Waals surface area contributed by atoms with Crippen molar-refractivity contribution in [2.75, 3.05) is 38.2 Å². The number of methoxy groups -OCH3 is 2. The van der Waals surface area contributed by atoms with Crippen molar-refractivity contribution < 1.29 is 22.7 Å². The average Bonchev–Trinajstić information content (AvgIpc) is 2.77. The van der Waals surface area contributed by atoms with E-state index in [1.165, 1.54) is 26.4 Å². The summed E-state index contributed by atoms with van der Waals surface area (Å²) >= 11 is 0. The Morgan fingerprint density at radius 3 is 2.43 bits per heavy atom. The van der Waals surface area contributed by atoms with Gasteiger partial charge in [0, 0.05) is 13.1 Å². The number of carbonyl (C=O) groups is 1. The molecule has 0 aromatic heterocycles. The molecule has 0 saturated carbocycles. The fraction of sp³-hybridized carbons (Fsp3) is 0.409. The number of rotatable bonds is 7. The molecule has 1 heterocycles. The van der Waals surface area contributed by atoms with Crippen molar-refractivity contribution in [3.8, 4) is 11.5 Å². The summed E-state index contributed by atoms with van der Waals surface area (Å²) in [5, 5.41) is 0. The van der Waals surface area contributed by atoms with Gasteiger partial charge in [0.05, 0.1) is 24.8 Å². The van der Waals surface area contributed by atoms with E-state index in [2.05, 4.69) is 6.92 Å². The van der Waals surface area contributed by atoms with Gasteiger partial charge in [0.2, 0.25) is 5.91 Å². The normalized spacial score (nSPS) is 16.8. The average molecular weight is 433 g/mol. The summed E-state index contributed by atoms with van der Waals surface area (Å²) in [6, 6.07) is 12.9. The quantitative estimate of drug-likeness (QED) is 0.672. The molecule has 2 aromatic carbocycles. The van der Waals surface area contributed by atoms with Crippen molar-refractivity contribution in [1.82, 2.24) is 4.90 Å². The molecular formula is C22H28N2O5S. The molecule has 162 valence electrons. The lowest BCUT2D eigenvalue weighted by atomic mass is 10.0. The highest BCUT2D eigenvalue weighted by molar-refractivity contribution is 7.92. The fourth-order valence-electron chi connectivity index (χ4n) is 3.65. The first kappa shape index (κ1) is 22.0. The first-order chi connectivity index (χ1) is 14.4. The van der Waals surface area contributed by atoms with Gasteiger partial charge in [0.1, 0.15) is 18.0 Å². The topological polar surface area (TPSA) is 76.2 Å². The molecule has 0 unspecified atom stereocenters. The molecule has 2 aromatic rings. The first-order valence-electron chi connectivity index (χ1n) is 9.94. The molecule has 1 fully saturated rings. The van der Waals surface area contributed by atoms with E-state index in [0.29, 0.717) is 36.2 Å². The van der Waals surface area contributed by atoms with Crippen molar-refractivity contribution in [2.24, 2.45) is 5.92 Å². The lowest BCUT2D eigenvalue weighted by Crippen LogP contribution is -2.46. The number of likely N-dealkylation sites (tertiary alicyclic amines) is 1. The molecule has 1 amide bonds. The Kier molecular flexibility index (Phi) is 6.87. The van der Waals surface area contributed by atoms with Crippen LogP contribution in [0.2, 0.25) is 0 Å². The maximum atomic E-state index is 13.5. The summed E-state index contributed by atoms with van der Waals surface area (Å²) in [6.45, 7) is 3.10. The van der Waals surface area contributed by atoms with Crippen LogP contribution in [0, 0.1) is 5.92 Å². The summed E-state index contributed by atoms with van der Waals surface area (Å²) in [4.78, 5) is 14.9. The summed E-state index contributed by atoms with van der Waals surface area (Å²) in [5.41, 5.74) is 0.328. The van der Waals surface area contributed by atoms with E-state index in [1.807, 2.05) is 0 Å². The third kappa shape index (κ3) is 4.70. The Bertz CT molecular complexity index is 975. The molecule has 1 aliphatic rings. The SMILES string of the molecule is COc1ccc(S(=O)(=O)N(CC(=O)N2CCC[C@H](C)C2)c2ccccc2OC)cc1. The number of piperidine rings is 1. The second-order valence-corrected chi connectivity index (χ2v) is 9.31. The Labute approximate surface area is 178 Å². The minimum atomic E-state index is -4.01. The first-order valence-corrected chi connectivity index (χ1v) is 11.4. The minimum absolute atomic E-state index is 0.0778. The Morgan fingerprint density at radius 1 is 1.10 bits per heavy atom. The van der Waals surface area contributed by atoms with E-state index in [-0.39, 0.29) is 17.3 Å². The highest BCUT2D eigenvalue weighted by Gasteiger charge is 2.31. The number of sulfonamides is 1. The van der Waals surface area contributed by atoms with Gasteiger partial charge in [-0.15, -0.1) is 0 Å². The number of ether oxygens (including phenoxy) is 2. The molecule has 1 atom stereocenters. The Hall–Kier alpha value is -2.74. The van der Waals surface area contributed by atoms with Crippen LogP contribution >= 0.6 is 0 Å². The standard InChI is InChI=1S/C22H28N2O5S/c1-17-7-6-14-23(15-17)22(25)16-24(20-8-4-5-9-21(20)29-3)30(26,27)19-12-10-18(28-2)11-13-19/h4-5,8-13,17H,6-7,14-16H2,1-3H3/t17-/m0/s1. The predicted octanol–water partition coefficient (Wildman–Crippen LogP) is 3.16. The second-order valence-electron chi connectivity index (χ2n) is 7.45. The van der Waals surface area contributed by atoms with E-state index in [0.717, 1.165) is 17.1 Å². The van der Waals surface area contributed by atoms with Crippen molar-refractivity contribution in [1.29, 1.82) is 0 Å². The van der Waals surface area contributed by atoms with Crippen LogP contribution in [0.25, 0.3) is 0 Å². The number of anilines is 1. The van der Waals surface area contributed by atoms with Crippen molar-refractivity contribution >= 4 is 21.6 Å². The Morgan fingerprint density at radius 2 is 1.80 bits per heavy atom. The maximum Gasteiger partial charge on any atom is 0.264 e. The van der Waals surface area contributed by atoms with Gasteiger partial charge >= 0.3 is 0 Å². The number of hydrogen-bond acceptors (Lipinski definition) is 5. The molecule has 0 bridgehead atoms. The van der Waals surface area contributed by atoms with E-state index in [4.69, 9.17) is 9.47 Å². The number of amides is 1. The largest absolute Gasteiger partial charge is 0.497 e. The molecule has 1 saturated heterocycles. The lowest BCUT2D eigenvalue weighted by molar-refractivity contribution is -0.131. The monoisotopic (exact) mass is 432 g/mol. The molecule has 1 aliphatic heterocycles. The van der Waals surface area contributed by atoms with Crippen LogP contribution in [0.4, 0.5) is 5.69 Å². The summed E-state index contributed by atoms with van der Waals surface area (Å²) in [7, 11) is -1.01. The maximum absolute atomic E-state index is 13.5. The molecule has 3 rings (SSSR count). The number of carbonyl (C=O) groups excluding carboxylic acids is 1. The highest BCUT2D eigenvalue weighted by atomic mass is 32.2. The van der Waals surface area contributed by atoms with Gasteiger partial charge in [-0.1, -0.05) is 19.1 Å². The van der Waals surface area contributed by atoms with Crippen LogP contribution in [0.5, 0.6) is 11.5 Å². The number of benzene rings is 2. The van der Waals surface area contributed by atoms with Crippen LogP contribution in [-0.2, 0) is 14.8 Å². The summed E-state index contributed by atoms with van der Waals surface area (Å²) in [5.74, 6) is 1.12. The van der Waals surface area contributed by atoms with Gasteiger partial charge in [-0.2, -0.15) is 0 Å². The third-order valence-electron chi connectivity index (χ3n) is 5.29. The predicted molar refractivity (Wildman–Crippen MR) is 115 cm³/mol. The third-order valence-corrected chi connectivity index (χ3v) is 7.06. The smallest absolute Gasteiger partial charge is 0.264 e. The zero-order valence-electron chi connectivity index (χ0n) is 17.6. The summed E-state index contributed by atoms with van der Waals surface area (Å²) in [6.07, 6.45) is 2.00. The van der Waals surface area contributed by atoms with Crippen LogP contribution in [0.15, 0.2) is 53.4 Å². The molecule has 0 radical (unpaired) electrons. The molecule has 0 aliphatic carbocycles. The summed E-state index contributed by atoms with van der Waals surface area (Å²) < 4.78 is 38.7. The van der Waals surface area contributed by atoms with Gasteiger partial charge < -0.3 is 14.4 Å². The zero-order chi connectivity index (χ0) is 21.7. The van der Waals surface area contributed by atoms with Crippen LogP contribution < -0.4 is 13.8 Å². The van der Waals surface area contributed by atoms with Crippen molar-refractivity contribution in [2.45, 2.75) is 24.7 Å². The van der Waals surface area contributed by atoms with Crippen LogP contribution in [0.3, 0.4) is 0 Å². The van der Waals surface area contributed by atoms with E-state index in [1.54, 1.807) is 41.3 Å². The van der Waals surface area contributed by atoms with Crippen LogP contribution in [0.1, 0.15) is 19.8 Å². The van der Waals surface area contributed by atoms with Gasteiger partial charge in [-0.3, -0.25) is 9.10 Å². The van der Waals surface area contributed by atoms with Crippen molar-refractivity contribution in [3.63, 3.8) is 0 Å². The lowest BCUT2D eigenvalue weighted by Gasteiger charge is -2.33. The number of para-hydroxylation sites is 2. The highest BCUT2D eigenvalue weighted by Crippen LogP contribution is 2.33. The zero-order valence-corrected chi connectivity index (χ0v) is 18.4. The van der Waals surface area contributed by atoms with E-state index >= 15 is 0 Å². The van der Waals surface area contributed by atoms with Gasteiger partial charge in [0.15, 0.2) is 0 Å². The number of hydrogen-bond donors (Lipinski definition) is 0. The fourth-order valence-corrected chi connectivity index (χ4v) is 5.07. The van der Waals surface area contributed by atoms with E-state index in [9.17, 15) is 13.2 Å². The molecule has 30 heavy (non-hydrogen) atoms. The molecule has 8 heteroatoms. The van der Waals surface area contributed by atoms with Gasteiger partial charge in [0.25, 0.3) is 10.0 Å². The number of nitrogens with zero attached hydrogens (tertiary/aromatic N) is 2. The van der Waals surface area contributed by atoms with E-state index < -0.39 is 10.0 Å². The second kappa shape index (κ2) is 9.38. The molecule has 7 nitrogen and oxygen atoms in total. The molecule has 0 N–H and O–H groups in total. The minimum Gasteiger partial charge on any atom is -0.497 e. The van der Waals surface area contributed by atoms with Gasteiger partial charge in [-0.05, 0) is 55.2 Å². The van der Waals surface area contributed by atoms with Crippen molar-refractivity contribution in [3.05, 3.63) is 48.5 Å². The van der Waals surface area contributed by atoms with Crippen LogP contribution in [-0.4, -0.2) is 53.1 Å². The molecular weight excluding hydrogens is 404 g/mol. The molecule has 0 spiro atoms. The Balaban J connectivity index is 1.99. The van der Waals surface area contributed by atoms with Gasteiger partial charge in [-0.25, -0.2) is 8.42 Å².